The van der Waals surface area contributed by atoms with Crippen LogP contribution in [0.4, 0.5) is 0 Å². The van der Waals surface area contributed by atoms with Crippen molar-refractivity contribution in [3.8, 4) is 0 Å². The van der Waals surface area contributed by atoms with E-state index in [0.717, 1.165) is 13.0 Å². The number of aliphatic hydroxyl groups is 1. The molecule has 16 heavy (non-hydrogen) atoms. The minimum atomic E-state index is -0.337. The van der Waals surface area contributed by atoms with Gasteiger partial charge in [0, 0.05) is 29.4 Å². The van der Waals surface area contributed by atoms with E-state index in [1.165, 1.54) is 48.4 Å². The highest BCUT2D eigenvalue weighted by molar-refractivity contribution is 6.08. The molecular formula is C12H27NO2Si. The smallest absolute Gasteiger partial charge is 0.0897 e. The molecule has 2 N–H and O–H groups in total. The molecule has 3 nitrogen and oxygen atoms in total. The van der Waals surface area contributed by atoms with E-state index in [0.29, 0.717) is 19.2 Å². The van der Waals surface area contributed by atoms with Gasteiger partial charge in [0.1, 0.15) is 0 Å². The van der Waals surface area contributed by atoms with Gasteiger partial charge in [0.15, 0.2) is 0 Å². The second kappa shape index (κ2) is 9.16. The maximum Gasteiger partial charge on any atom is 0.0897 e. The predicted octanol–water partition coefficient (Wildman–Crippen LogP) is 0.460. The maximum atomic E-state index is 9.70. The molecule has 1 fully saturated rings. The lowest BCUT2D eigenvalue weighted by Crippen LogP contribution is -2.38. The first-order valence-electron chi connectivity index (χ1n) is 6.82. The van der Waals surface area contributed by atoms with E-state index in [1.54, 1.807) is 0 Å². The summed E-state index contributed by atoms with van der Waals surface area (Å²) in [6.07, 6.45) is 7.41. The van der Waals surface area contributed by atoms with Crippen LogP contribution in [-0.2, 0) is 4.74 Å². The molecule has 1 unspecified atom stereocenters. The monoisotopic (exact) mass is 245 g/mol. The molecule has 1 atom stereocenters. The zero-order chi connectivity index (χ0) is 11.6. The van der Waals surface area contributed by atoms with Crippen molar-refractivity contribution < 1.29 is 9.84 Å². The average molecular weight is 245 g/mol. The fourth-order valence-electron chi connectivity index (χ4n) is 2.13. The van der Waals surface area contributed by atoms with Crippen molar-refractivity contribution in [2.24, 2.45) is 0 Å². The van der Waals surface area contributed by atoms with Crippen molar-refractivity contribution in [2.75, 3.05) is 19.8 Å². The number of hydrogen-bond acceptors (Lipinski definition) is 3. The molecule has 1 aliphatic carbocycles. The van der Waals surface area contributed by atoms with Crippen molar-refractivity contribution in [3.05, 3.63) is 0 Å². The van der Waals surface area contributed by atoms with Crippen molar-refractivity contribution in [2.45, 2.75) is 56.7 Å². The van der Waals surface area contributed by atoms with Crippen LogP contribution in [0.15, 0.2) is 0 Å². The number of rotatable bonds is 8. The highest BCUT2D eigenvalue weighted by Gasteiger charge is 2.14. The Hall–Kier alpha value is 0.0969. The van der Waals surface area contributed by atoms with E-state index in [9.17, 15) is 5.11 Å². The molecule has 0 saturated heterocycles. The highest BCUT2D eigenvalue weighted by Crippen LogP contribution is 2.17. The number of hydrogen-bond donors (Lipinski definition) is 2. The molecule has 1 aliphatic rings. The van der Waals surface area contributed by atoms with Crippen LogP contribution in [0.2, 0.25) is 6.04 Å². The molecule has 4 heteroatoms. The Balaban J connectivity index is 1.94. The fraction of sp³-hybridized carbons (Fsp3) is 1.00. The summed E-state index contributed by atoms with van der Waals surface area (Å²) >= 11 is 0. The zero-order valence-corrected chi connectivity index (χ0v) is 12.6. The summed E-state index contributed by atoms with van der Waals surface area (Å²) in [7, 11) is 1.25. The Morgan fingerprint density at radius 3 is 2.75 bits per heavy atom. The summed E-state index contributed by atoms with van der Waals surface area (Å²) in [6, 6.07) is 1.92. The Bertz CT molecular complexity index is 163. The Morgan fingerprint density at radius 2 is 2.06 bits per heavy atom. The number of nitrogens with one attached hydrogen (secondary N) is 1. The zero-order valence-electron chi connectivity index (χ0n) is 10.6. The van der Waals surface area contributed by atoms with Gasteiger partial charge in [-0.05, 0) is 19.3 Å². The molecule has 0 aromatic rings. The van der Waals surface area contributed by atoms with Gasteiger partial charge in [0.25, 0.3) is 0 Å². The van der Waals surface area contributed by atoms with Crippen LogP contribution in [0.25, 0.3) is 0 Å². The molecule has 0 aromatic carbocycles. The summed E-state index contributed by atoms with van der Waals surface area (Å²) in [5.74, 6) is 0. The van der Waals surface area contributed by atoms with Crippen LogP contribution in [-0.4, -0.2) is 47.3 Å². The lowest BCUT2D eigenvalue weighted by molar-refractivity contribution is 0.0354. The van der Waals surface area contributed by atoms with Gasteiger partial charge < -0.3 is 15.2 Å². The van der Waals surface area contributed by atoms with Crippen LogP contribution < -0.4 is 5.32 Å². The lowest BCUT2D eigenvalue weighted by Gasteiger charge is -2.24. The molecule has 0 aromatic heterocycles. The van der Waals surface area contributed by atoms with Gasteiger partial charge in [-0.1, -0.05) is 25.3 Å². The highest BCUT2D eigenvalue weighted by atomic mass is 28.1. The molecule has 0 aliphatic heterocycles. The van der Waals surface area contributed by atoms with Crippen molar-refractivity contribution in [1.82, 2.24) is 5.32 Å². The predicted molar refractivity (Wildman–Crippen MR) is 71.1 cm³/mol. The number of aliphatic hydroxyl groups excluding tert-OH is 1. The molecule has 0 spiro atoms. The van der Waals surface area contributed by atoms with Gasteiger partial charge in [-0.25, -0.2) is 0 Å². The van der Waals surface area contributed by atoms with Gasteiger partial charge in [-0.15, -0.1) is 0 Å². The van der Waals surface area contributed by atoms with E-state index in [2.05, 4.69) is 5.32 Å². The summed E-state index contributed by atoms with van der Waals surface area (Å²) < 4.78 is 5.41. The van der Waals surface area contributed by atoms with Gasteiger partial charge in [0.05, 0.1) is 12.7 Å². The van der Waals surface area contributed by atoms with Gasteiger partial charge in [-0.3, -0.25) is 0 Å². The average Bonchev–Trinajstić information content (AvgIpc) is 2.33. The van der Waals surface area contributed by atoms with Crippen LogP contribution in [0.1, 0.15) is 38.5 Å². The first kappa shape index (κ1) is 14.2. The molecule has 0 radical (unpaired) electrons. The third-order valence-electron chi connectivity index (χ3n) is 3.20. The molecule has 0 bridgehead atoms. The molecule has 0 amide bonds. The van der Waals surface area contributed by atoms with Gasteiger partial charge in [-0.2, -0.15) is 0 Å². The topological polar surface area (TPSA) is 41.5 Å². The summed E-state index contributed by atoms with van der Waals surface area (Å²) in [4.78, 5) is 0. The van der Waals surface area contributed by atoms with E-state index >= 15 is 0 Å². The minimum Gasteiger partial charge on any atom is -0.389 e. The Labute approximate surface area is 102 Å². The van der Waals surface area contributed by atoms with E-state index in [1.807, 2.05) is 0 Å². The third-order valence-corrected chi connectivity index (χ3v) is 3.91. The van der Waals surface area contributed by atoms with Crippen LogP contribution in [0.3, 0.4) is 0 Å². The van der Waals surface area contributed by atoms with Crippen molar-refractivity contribution >= 4 is 10.2 Å². The largest absolute Gasteiger partial charge is 0.389 e. The summed E-state index contributed by atoms with van der Waals surface area (Å²) in [5.41, 5.74) is 0. The minimum absolute atomic E-state index is 0.337. The second-order valence-electron chi connectivity index (χ2n) is 4.83. The van der Waals surface area contributed by atoms with E-state index in [-0.39, 0.29) is 6.10 Å². The molecule has 0 heterocycles. The summed E-state index contributed by atoms with van der Waals surface area (Å²) in [6.45, 7) is 1.98. The first-order chi connectivity index (χ1) is 7.83. The Kier molecular flexibility index (Phi) is 8.11. The van der Waals surface area contributed by atoms with Crippen LogP contribution in [0.5, 0.6) is 0 Å². The lowest BCUT2D eigenvalue weighted by atomic mass is 9.95. The molecule has 96 valence electrons. The second-order valence-corrected chi connectivity index (χ2v) is 5.83. The quantitative estimate of drug-likeness (QED) is 0.482. The van der Waals surface area contributed by atoms with Gasteiger partial charge >= 0.3 is 0 Å². The molecule has 1 saturated carbocycles. The van der Waals surface area contributed by atoms with E-state index < -0.39 is 0 Å². The van der Waals surface area contributed by atoms with E-state index in [4.69, 9.17) is 4.74 Å². The number of ether oxygens (including phenoxy) is 1. The molecular weight excluding hydrogens is 218 g/mol. The van der Waals surface area contributed by atoms with Crippen LogP contribution in [0, 0.1) is 0 Å². The SMILES string of the molecule is OC(CNC1CCCCC1)COCCC[SiH3]. The van der Waals surface area contributed by atoms with Crippen molar-refractivity contribution in [1.29, 1.82) is 0 Å². The fourth-order valence-corrected chi connectivity index (χ4v) is 2.42. The van der Waals surface area contributed by atoms with Crippen molar-refractivity contribution in [3.63, 3.8) is 0 Å². The van der Waals surface area contributed by atoms with Gasteiger partial charge in [0.2, 0.25) is 0 Å². The Morgan fingerprint density at radius 1 is 1.31 bits per heavy atom. The molecule has 1 rings (SSSR count). The maximum absolute atomic E-state index is 9.70. The first-order valence-corrected chi connectivity index (χ1v) is 8.23. The standard InChI is InChI=1S/C12H27NO2Si/c14-12(10-15-7-4-8-16)9-13-11-5-2-1-3-6-11/h11-14H,1-10H2,16H3. The van der Waals surface area contributed by atoms with Crippen LogP contribution >= 0.6 is 0 Å². The third kappa shape index (κ3) is 6.63. The summed E-state index contributed by atoms with van der Waals surface area (Å²) in [5, 5.41) is 13.1. The normalized spacial score (nSPS) is 20.1.